The summed E-state index contributed by atoms with van der Waals surface area (Å²) in [6.07, 6.45) is 8.76. The van der Waals surface area contributed by atoms with Gasteiger partial charge in [0.2, 0.25) is 0 Å². The van der Waals surface area contributed by atoms with E-state index in [9.17, 15) is 0 Å². The molecule has 2 saturated carbocycles. The van der Waals surface area contributed by atoms with Crippen LogP contribution in [0.2, 0.25) is 0 Å². The molecule has 0 bridgehead atoms. The molecule has 0 saturated heterocycles. The van der Waals surface area contributed by atoms with Crippen LogP contribution in [0.4, 0.5) is 0 Å². The maximum Gasteiger partial charge on any atom is 0.0123 e. The zero-order chi connectivity index (χ0) is 10.9. The highest BCUT2D eigenvalue weighted by molar-refractivity contribution is 4.93. The molecule has 2 aliphatic carbocycles. The van der Waals surface area contributed by atoms with Crippen molar-refractivity contribution in [3.05, 3.63) is 0 Å². The standard InChI is InChI=1S/C14H27N/c1-4-15-13(11-5-6-11)12-7-9-14(2,3)10-8-12/h11-13,15H,4-10H2,1-3H3. The lowest BCUT2D eigenvalue weighted by atomic mass is 9.70. The van der Waals surface area contributed by atoms with E-state index < -0.39 is 0 Å². The highest BCUT2D eigenvalue weighted by atomic mass is 14.9. The Morgan fingerprint density at radius 3 is 2.07 bits per heavy atom. The van der Waals surface area contributed by atoms with Crippen molar-refractivity contribution in [2.75, 3.05) is 6.54 Å². The molecule has 0 aromatic heterocycles. The molecule has 0 aromatic carbocycles. The van der Waals surface area contributed by atoms with Crippen LogP contribution in [-0.4, -0.2) is 12.6 Å². The van der Waals surface area contributed by atoms with Crippen LogP contribution >= 0.6 is 0 Å². The van der Waals surface area contributed by atoms with E-state index in [1.807, 2.05) is 0 Å². The van der Waals surface area contributed by atoms with Crippen molar-refractivity contribution in [2.45, 2.75) is 65.3 Å². The van der Waals surface area contributed by atoms with E-state index in [1.165, 1.54) is 38.5 Å². The summed E-state index contributed by atoms with van der Waals surface area (Å²) < 4.78 is 0. The number of rotatable bonds is 4. The van der Waals surface area contributed by atoms with Crippen LogP contribution in [0.1, 0.15) is 59.3 Å². The number of hydrogen-bond acceptors (Lipinski definition) is 1. The molecule has 0 spiro atoms. The second-order valence-electron chi connectivity index (χ2n) is 6.42. The summed E-state index contributed by atoms with van der Waals surface area (Å²) in [6.45, 7) is 8.27. The molecule has 0 aliphatic heterocycles. The molecule has 0 heterocycles. The summed E-state index contributed by atoms with van der Waals surface area (Å²) in [5.41, 5.74) is 0.622. The number of hydrogen-bond donors (Lipinski definition) is 1. The van der Waals surface area contributed by atoms with Crippen molar-refractivity contribution in [2.24, 2.45) is 17.3 Å². The average Bonchev–Trinajstić information content (AvgIpc) is 2.98. The first kappa shape index (κ1) is 11.4. The Labute approximate surface area is 95.0 Å². The molecule has 1 nitrogen and oxygen atoms in total. The molecule has 1 N–H and O–H groups in total. The van der Waals surface area contributed by atoms with E-state index in [0.29, 0.717) is 5.41 Å². The fourth-order valence-electron chi connectivity index (χ4n) is 3.19. The average molecular weight is 209 g/mol. The molecule has 1 unspecified atom stereocenters. The lowest BCUT2D eigenvalue weighted by molar-refractivity contribution is 0.153. The zero-order valence-corrected chi connectivity index (χ0v) is 10.7. The SMILES string of the molecule is CCNC(C1CC1)C1CCC(C)(C)CC1. The van der Waals surface area contributed by atoms with Crippen molar-refractivity contribution in [3.8, 4) is 0 Å². The van der Waals surface area contributed by atoms with Crippen LogP contribution < -0.4 is 5.32 Å². The van der Waals surface area contributed by atoms with E-state index in [1.54, 1.807) is 0 Å². The second kappa shape index (κ2) is 4.45. The first-order chi connectivity index (χ1) is 7.12. The van der Waals surface area contributed by atoms with Crippen molar-refractivity contribution >= 4 is 0 Å². The van der Waals surface area contributed by atoms with Crippen LogP contribution in [-0.2, 0) is 0 Å². The van der Waals surface area contributed by atoms with E-state index in [2.05, 4.69) is 26.1 Å². The smallest absolute Gasteiger partial charge is 0.0123 e. The molecule has 88 valence electrons. The van der Waals surface area contributed by atoms with Crippen molar-refractivity contribution in [1.82, 2.24) is 5.32 Å². The van der Waals surface area contributed by atoms with Gasteiger partial charge in [-0.05, 0) is 62.3 Å². The molecule has 15 heavy (non-hydrogen) atoms. The third-order valence-electron chi connectivity index (χ3n) is 4.46. The molecular formula is C14H27N. The third-order valence-corrected chi connectivity index (χ3v) is 4.46. The molecule has 1 heteroatoms. The van der Waals surface area contributed by atoms with Crippen molar-refractivity contribution < 1.29 is 0 Å². The van der Waals surface area contributed by atoms with Gasteiger partial charge >= 0.3 is 0 Å². The molecule has 2 fully saturated rings. The molecule has 0 radical (unpaired) electrons. The largest absolute Gasteiger partial charge is 0.314 e. The lowest BCUT2D eigenvalue weighted by Gasteiger charge is -2.38. The normalized spacial score (nSPS) is 29.0. The molecule has 2 rings (SSSR count). The van der Waals surface area contributed by atoms with Crippen molar-refractivity contribution in [1.29, 1.82) is 0 Å². The molecule has 2 aliphatic rings. The Hall–Kier alpha value is -0.0400. The lowest BCUT2D eigenvalue weighted by Crippen LogP contribution is -2.40. The first-order valence-electron chi connectivity index (χ1n) is 6.86. The van der Waals surface area contributed by atoms with Gasteiger partial charge in [-0.2, -0.15) is 0 Å². The summed E-state index contributed by atoms with van der Waals surface area (Å²) in [4.78, 5) is 0. The van der Waals surface area contributed by atoms with Gasteiger partial charge in [0.1, 0.15) is 0 Å². The van der Waals surface area contributed by atoms with Gasteiger partial charge in [-0.1, -0.05) is 20.8 Å². The minimum absolute atomic E-state index is 0.622. The van der Waals surface area contributed by atoms with Gasteiger partial charge in [0.15, 0.2) is 0 Å². The molecule has 1 atom stereocenters. The van der Waals surface area contributed by atoms with Gasteiger partial charge in [0.25, 0.3) is 0 Å². The minimum Gasteiger partial charge on any atom is -0.314 e. The van der Waals surface area contributed by atoms with Gasteiger partial charge in [-0.25, -0.2) is 0 Å². The summed E-state index contributed by atoms with van der Waals surface area (Å²) in [5.74, 6) is 2.00. The maximum absolute atomic E-state index is 3.74. The first-order valence-corrected chi connectivity index (χ1v) is 6.86. The fourth-order valence-corrected chi connectivity index (χ4v) is 3.19. The minimum atomic E-state index is 0.622. The molecule has 0 aromatic rings. The Kier molecular flexibility index (Phi) is 3.39. The van der Waals surface area contributed by atoms with Crippen LogP contribution in [0, 0.1) is 17.3 Å². The van der Waals surface area contributed by atoms with Crippen LogP contribution in [0.3, 0.4) is 0 Å². The zero-order valence-electron chi connectivity index (χ0n) is 10.7. The van der Waals surface area contributed by atoms with Gasteiger partial charge in [-0.3, -0.25) is 0 Å². The topological polar surface area (TPSA) is 12.0 Å². The second-order valence-corrected chi connectivity index (χ2v) is 6.42. The Morgan fingerprint density at radius 2 is 1.60 bits per heavy atom. The Balaban J connectivity index is 1.86. The van der Waals surface area contributed by atoms with Crippen LogP contribution in [0.5, 0.6) is 0 Å². The van der Waals surface area contributed by atoms with E-state index in [-0.39, 0.29) is 0 Å². The van der Waals surface area contributed by atoms with Gasteiger partial charge in [0.05, 0.1) is 0 Å². The predicted molar refractivity (Wildman–Crippen MR) is 65.9 cm³/mol. The van der Waals surface area contributed by atoms with E-state index in [4.69, 9.17) is 0 Å². The highest BCUT2D eigenvalue weighted by Gasteiger charge is 2.38. The predicted octanol–water partition coefficient (Wildman–Crippen LogP) is 3.59. The quantitative estimate of drug-likeness (QED) is 0.746. The monoisotopic (exact) mass is 209 g/mol. The Bertz CT molecular complexity index is 195. The van der Waals surface area contributed by atoms with Gasteiger partial charge < -0.3 is 5.32 Å². The number of nitrogens with one attached hydrogen (secondary N) is 1. The Morgan fingerprint density at radius 1 is 1.07 bits per heavy atom. The van der Waals surface area contributed by atoms with Crippen LogP contribution in [0.15, 0.2) is 0 Å². The maximum atomic E-state index is 3.74. The van der Waals surface area contributed by atoms with Crippen molar-refractivity contribution in [3.63, 3.8) is 0 Å². The van der Waals surface area contributed by atoms with Gasteiger partial charge in [0, 0.05) is 6.04 Å². The summed E-state index contributed by atoms with van der Waals surface area (Å²) in [6, 6.07) is 0.853. The van der Waals surface area contributed by atoms with Gasteiger partial charge in [-0.15, -0.1) is 0 Å². The molecule has 0 amide bonds. The third kappa shape index (κ3) is 2.96. The van der Waals surface area contributed by atoms with Crippen LogP contribution in [0.25, 0.3) is 0 Å². The molecular weight excluding hydrogens is 182 g/mol. The van der Waals surface area contributed by atoms with E-state index in [0.717, 1.165) is 24.4 Å². The van der Waals surface area contributed by atoms with E-state index >= 15 is 0 Å². The summed E-state index contributed by atoms with van der Waals surface area (Å²) >= 11 is 0. The fraction of sp³-hybridized carbons (Fsp3) is 1.00. The summed E-state index contributed by atoms with van der Waals surface area (Å²) in [7, 11) is 0. The highest BCUT2D eigenvalue weighted by Crippen LogP contribution is 2.44. The summed E-state index contributed by atoms with van der Waals surface area (Å²) in [5, 5.41) is 3.74.